The molecule has 0 aromatic carbocycles. The van der Waals surface area contributed by atoms with Crippen molar-refractivity contribution in [2.75, 3.05) is 7.05 Å². The Balaban J connectivity index is 2.22. The first-order valence-electron chi connectivity index (χ1n) is 6.04. The van der Waals surface area contributed by atoms with E-state index < -0.39 is 0 Å². The fourth-order valence-electron chi connectivity index (χ4n) is 1.94. The third-order valence-corrected chi connectivity index (χ3v) is 3.31. The van der Waals surface area contributed by atoms with Crippen LogP contribution in [-0.2, 0) is 19.6 Å². The summed E-state index contributed by atoms with van der Waals surface area (Å²) in [6.45, 7) is 6.22. The number of nitrogens with zero attached hydrogens (tertiary/aromatic N) is 4. The van der Waals surface area contributed by atoms with E-state index in [4.69, 9.17) is 11.6 Å². The topological polar surface area (TPSA) is 47.7 Å². The Hall–Kier alpha value is -1.33. The van der Waals surface area contributed by atoms with Gasteiger partial charge in [-0.15, -0.1) is 0 Å². The number of aromatic nitrogens is 4. The molecule has 18 heavy (non-hydrogen) atoms. The maximum atomic E-state index is 6.27. The molecule has 2 rings (SSSR count). The molecule has 0 spiro atoms. The molecule has 0 atom stereocenters. The van der Waals surface area contributed by atoms with Gasteiger partial charge in [0.1, 0.15) is 0 Å². The van der Waals surface area contributed by atoms with Crippen LogP contribution in [0.15, 0.2) is 12.3 Å². The van der Waals surface area contributed by atoms with E-state index in [1.165, 1.54) is 0 Å². The van der Waals surface area contributed by atoms with Crippen molar-refractivity contribution in [2.24, 2.45) is 0 Å². The van der Waals surface area contributed by atoms with Crippen molar-refractivity contribution < 1.29 is 0 Å². The van der Waals surface area contributed by atoms with Gasteiger partial charge < -0.3 is 5.32 Å². The third-order valence-electron chi connectivity index (χ3n) is 2.82. The molecule has 0 fully saturated rings. The monoisotopic (exact) mass is 267 g/mol. The van der Waals surface area contributed by atoms with Crippen LogP contribution < -0.4 is 5.32 Å². The second-order valence-electron chi connectivity index (χ2n) is 4.20. The lowest BCUT2D eigenvalue weighted by Crippen LogP contribution is -2.10. The molecule has 2 aromatic rings. The SMILES string of the molecule is CCn1nc(C)c(Cl)c1Cn1ccc(CNC)n1. The molecule has 1 N–H and O–H groups in total. The Kier molecular flexibility index (Phi) is 4.04. The first kappa shape index (κ1) is 13.1. The standard InChI is InChI=1S/C12H18ClN5/c1-4-18-11(12(13)9(2)15-18)8-17-6-5-10(16-17)7-14-3/h5-6,14H,4,7-8H2,1-3H3. The van der Waals surface area contributed by atoms with Gasteiger partial charge in [-0.3, -0.25) is 9.36 Å². The molecule has 2 heterocycles. The summed E-state index contributed by atoms with van der Waals surface area (Å²) in [5.41, 5.74) is 2.90. The summed E-state index contributed by atoms with van der Waals surface area (Å²) in [5, 5.41) is 12.7. The van der Waals surface area contributed by atoms with Crippen LogP contribution in [0.3, 0.4) is 0 Å². The molecule has 0 saturated carbocycles. The van der Waals surface area contributed by atoms with Crippen molar-refractivity contribution in [3.05, 3.63) is 34.4 Å². The van der Waals surface area contributed by atoms with E-state index in [2.05, 4.69) is 22.4 Å². The molecule has 0 amide bonds. The van der Waals surface area contributed by atoms with Gasteiger partial charge in [-0.05, 0) is 27.0 Å². The summed E-state index contributed by atoms with van der Waals surface area (Å²) in [6.07, 6.45) is 1.96. The highest BCUT2D eigenvalue weighted by molar-refractivity contribution is 6.31. The van der Waals surface area contributed by atoms with Gasteiger partial charge in [0.15, 0.2) is 0 Å². The summed E-state index contributed by atoms with van der Waals surface area (Å²) < 4.78 is 3.82. The Morgan fingerprint density at radius 2 is 2.17 bits per heavy atom. The van der Waals surface area contributed by atoms with Crippen molar-refractivity contribution in [3.8, 4) is 0 Å². The maximum absolute atomic E-state index is 6.27. The van der Waals surface area contributed by atoms with Crippen LogP contribution in [-0.4, -0.2) is 26.6 Å². The van der Waals surface area contributed by atoms with Gasteiger partial charge in [0.2, 0.25) is 0 Å². The van der Waals surface area contributed by atoms with Crippen LogP contribution in [0.5, 0.6) is 0 Å². The van der Waals surface area contributed by atoms with Crippen LogP contribution >= 0.6 is 11.6 Å². The minimum atomic E-state index is 0.650. The molecule has 5 nitrogen and oxygen atoms in total. The number of aryl methyl sites for hydroxylation is 2. The highest BCUT2D eigenvalue weighted by Crippen LogP contribution is 2.21. The molecule has 0 saturated heterocycles. The van der Waals surface area contributed by atoms with E-state index in [0.717, 1.165) is 35.2 Å². The maximum Gasteiger partial charge on any atom is 0.0866 e. The van der Waals surface area contributed by atoms with Gasteiger partial charge in [-0.2, -0.15) is 10.2 Å². The average molecular weight is 268 g/mol. The van der Waals surface area contributed by atoms with Crippen molar-refractivity contribution in [3.63, 3.8) is 0 Å². The quantitative estimate of drug-likeness (QED) is 0.899. The van der Waals surface area contributed by atoms with Gasteiger partial charge in [0.05, 0.1) is 28.6 Å². The van der Waals surface area contributed by atoms with Crippen molar-refractivity contribution in [2.45, 2.75) is 33.5 Å². The summed E-state index contributed by atoms with van der Waals surface area (Å²) in [5.74, 6) is 0. The van der Waals surface area contributed by atoms with Gasteiger partial charge in [0, 0.05) is 19.3 Å². The van der Waals surface area contributed by atoms with Crippen LogP contribution in [0, 0.1) is 6.92 Å². The van der Waals surface area contributed by atoms with E-state index in [-0.39, 0.29) is 0 Å². The number of hydrogen-bond acceptors (Lipinski definition) is 3. The molecular formula is C12H18ClN5. The molecule has 0 unspecified atom stereocenters. The minimum Gasteiger partial charge on any atom is -0.314 e. The lowest BCUT2D eigenvalue weighted by Gasteiger charge is -2.05. The number of halogens is 1. The van der Waals surface area contributed by atoms with Crippen molar-refractivity contribution in [1.82, 2.24) is 24.9 Å². The zero-order valence-electron chi connectivity index (χ0n) is 10.9. The zero-order chi connectivity index (χ0) is 13.1. The van der Waals surface area contributed by atoms with Gasteiger partial charge in [-0.25, -0.2) is 0 Å². The molecule has 0 aliphatic rings. The van der Waals surface area contributed by atoms with Crippen molar-refractivity contribution in [1.29, 1.82) is 0 Å². The molecule has 2 aromatic heterocycles. The summed E-state index contributed by atoms with van der Waals surface area (Å²) >= 11 is 6.27. The van der Waals surface area contributed by atoms with Gasteiger partial charge in [0.25, 0.3) is 0 Å². The van der Waals surface area contributed by atoms with E-state index >= 15 is 0 Å². The highest BCUT2D eigenvalue weighted by Gasteiger charge is 2.13. The van der Waals surface area contributed by atoms with E-state index in [1.54, 1.807) is 0 Å². The molecule has 98 valence electrons. The predicted octanol–water partition coefficient (Wildman–Crippen LogP) is 1.83. The Bertz CT molecular complexity index is 529. The average Bonchev–Trinajstić information content (AvgIpc) is 2.90. The lowest BCUT2D eigenvalue weighted by atomic mass is 10.3. The lowest BCUT2D eigenvalue weighted by molar-refractivity contribution is 0.570. The Labute approximate surface area is 112 Å². The normalized spacial score (nSPS) is 11.1. The fraction of sp³-hybridized carbons (Fsp3) is 0.500. The Morgan fingerprint density at radius 3 is 2.83 bits per heavy atom. The largest absolute Gasteiger partial charge is 0.314 e. The molecule has 0 aliphatic carbocycles. The highest BCUT2D eigenvalue weighted by atomic mass is 35.5. The van der Waals surface area contributed by atoms with Crippen LogP contribution in [0.2, 0.25) is 5.02 Å². The minimum absolute atomic E-state index is 0.650. The summed E-state index contributed by atoms with van der Waals surface area (Å²) in [6, 6.07) is 2.00. The van der Waals surface area contributed by atoms with Gasteiger partial charge in [-0.1, -0.05) is 11.6 Å². The van der Waals surface area contributed by atoms with Crippen LogP contribution in [0.1, 0.15) is 24.0 Å². The molecule has 6 heteroatoms. The van der Waals surface area contributed by atoms with E-state index in [0.29, 0.717) is 6.54 Å². The third kappa shape index (κ3) is 2.57. The second-order valence-corrected chi connectivity index (χ2v) is 4.57. The smallest absolute Gasteiger partial charge is 0.0866 e. The first-order chi connectivity index (χ1) is 8.65. The summed E-state index contributed by atoms with van der Waals surface area (Å²) in [7, 11) is 1.91. The fourth-order valence-corrected chi connectivity index (χ4v) is 2.14. The molecule has 0 radical (unpaired) electrons. The van der Waals surface area contributed by atoms with E-state index in [9.17, 15) is 0 Å². The number of rotatable bonds is 5. The van der Waals surface area contributed by atoms with Crippen LogP contribution in [0.4, 0.5) is 0 Å². The zero-order valence-corrected chi connectivity index (χ0v) is 11.7. The van der Waals surface area contributed by atoms with Gasteiger partial charge >= 0.3 is 0 Å². The first-order valence-corrected chi connectivity index (χ1v) is 6.42. The molecule has 0 bridgehead atoms. The number of hydrogen-bond donors (Lipinski definition) is 1. The predicted molar refractivity (Wildman–Crippen MR) is 71.7 cm³/mol. The van der Waals surface area contributed by atoms with E-state index in [1.807, 2.05) is 35.6 Å². The Morgan fingerprint density at radius 1 is 1.39 bits per heavy atom. The second kappa shape index (κ2) is 5.54. The van der Waals surface area contributed by atoms with Crippen molar-refractivity contribution >= 4 is 11.6 Å². The summed E-state index contributed by atoms with van der Waals surface area (Å²) in [4.78, 5) is 0. The molecular weight excluding hydrogens is 250 g/mol. The molecule has 0 aliphatic heterocycles. The number of nitrogens with one attached hydrogen (secondary N) is 1. The van der Waals surface area contributed by atoms with Crippen LogP contribution in [0.25, 0.3) is 0 Å².